The molecule has 1 aliphatic carbocycles. The molecular formula is C16H22N2O2. The topological polar surface area (TPSA) is 50.4 Å². The van der Waals surface area contributed by atoms with E-state index in [1.807, 2.05) is 18.2 Å². The molecule has 4 nitrogen and oxygen atoms in total. The summed E-state index contributed by atoms with van der Waals surface area (Å²) in [6, 6.07) is 5.67. The van der Waals surface area contributed by atoms with Gasteiger partial charge in [-0.05, 0) is 36.3 Å². The van der Waals surface area contributed by atoms with Crippen LogP contribution in [0.25, 0.3) is 0 Å². The third-order valence-electron chi connectivity index (χ3n) is 4.64. The number of para-hydroxylation sites is 1. The van der Waals surface area contributed by atoms with E-state index in [4.69, 9.17) is 4.74 Å². The number of ether oxygens (including phenoxy) is 1. The summed E-state index contributed by atoms with van der Waals surface area (Å²) >= 11 is 0. The van der Waals surface area contributed by atoms with E-state index in [9.17, 15) is 4.79 Å². The summed E-state index contributed by atoms with van der Waals surface area (Å²) in [4.78, 5) is 12.4. The summed E-state index contributed by atoms with van der Waals surface area (Å²) in [6.07, 6.45) is 2.44. The molecule has 0 atom stereocenters. The normalized spacial score (nSPS) is 18.8. The first-order valence-electron chi connectivity index (χ1n) is 7.40. The maximum Gasteiger partial charge on any atom is 0.255 e. The fourth-order valence-electron chi connectivity index (χ4n) is 2.82. The van der Waals surface area contributed by atoms with Crippen LogP contribution >= 0.6 is 0 Å². The van der Waals surface area contributed by atoms with Crippen molar-refractivity contribution in [2.45, 2.75) is 26.7 Å². The average Bonchev–Trinajstić information content (AvgIpc) is 3.25. The molecule has 108 valence electrons. The monoisotopic (exact) mass is 274 g/mol. The van der Waals surface area contributed by atoms with Crippen molar-refractivity contribution in [3.63, 3.8) is 0 Å². The van der Waals surface area contributed by atoms with Gasteiger partial charge in [-0.2, -0.15) is 0 Å². The summed E-state index contributed by atoms with van der Waals surface area (Å²) in [5.41, 5.74) is 1.87. The van der Waals surface area contributed by atoms with Gasteiger partial charge >= 0.3 is 0 Å². The molecule has 0 bridgehead atoms. The molecule has 2 aliphatic rings. The molecule has 0 spiro atoms. The number of benzene rings is 1. The van der Waals surface area contributed by atoms with Crippen LogP contribution in [0.5, 0.6) is 5.75 Å². The Hall–Kier alpha value is -1.71. The van der Waals surface area contributed by atoms with Crippen molar-refractivity contribution >= 4 is 11.6 Å². The number of rotatable bonds is 4. The Morgan fingerprint density at radius 3 is 2.95 bits per heavy atom. The zero-order chi connectivity index (χ0) is 14.2. The van der Waals surface area contributed by atoms with Crippen molar-refractivity contribution in [1.82, 2.24) is 5.32 Å². The molecule has 1 aromatic carbocycles. The third-order valence-corrected chi connectivity index (χ3v) is 4.64. The Labute approximate surface area is 119 Å². The van der Waals surface area contributed by atoms with Gasteiger partial charge in [0, 0.05) is 13.1 Å². The summed E-state index contributed by atoms with van der Waals surface area (Å²) < 4.78 is 5.65. The van der Waals surface area contributed by atoms with Crippen LogP contribution in [0.2, 0.25) is 0 Å². The van der Waals surface area contributed by atoms with Crippen LogP contribution in [0, 0.1) is 11.3 Å². The number of carbonyl (C=O) groups is 1. The van der Waals surface area contributed by atoms with E-state index in [0.29, 0.717) is 29.3 Å². The highest BCUT2D eigenvalue weighted by molar-refractivity contribution is 5.99. The molecule has 4 heteroatoms. The van der Waals surface area contributed by atoms with Crippen LogP contribution < -0.4 is 15.4 Å². The summed E-state index contributed by atoms with van der Waals surface area (Å²) in [7, 11) is 0. The highest BCUT2D eigenvalue weighted by Crippen LogP contribution is 2.51. The quantitative estimate of drug-likeness (QED) is 0.887. The van der Waals surface area contributed by atoms with E-state index in [0.717, 1.165) is 18.8 Å². The van der Waals surface area contributed by atoms with Crippen molar-refractivity contribution in [3.05, 3.63) is 23.8 Å². The Balaban J connectivity index is 1.72. The minimum atomic E-state index is -0.0301. The highest BCUT2D eigenvalue weighted by atomic mass is 16.5. The Morgan fingerprint density at radius 2 is 2.25 bits per heavy atom. The molecule has 1 saturated carbocycles. The number of anilines is 1. The second kappa shape index (κ2) is 5.00. The van der Waals surface area contributed by atoms with Crippen LogP contribution in [-0.4, -0.2) is 25.6 Å². The Bertz CT molecular complexity index is 521. The SMILES string of the molecule is CC(C)C1(CNC(=O)c2cccc3c2OCCN3)CC1. The minimum absolute atomic E-state index is 0.0301. The molecule has 20 heavy (non-hydrogen) atoms. The Morgan fingerprint density at radius 1 is 1.45 bits per heavy atom. The number of nitrogens with one attached hydrogen (secondary N) is 2. The van der Waals surface area contributed by atoms with Gasteiger partial charge in [-0.3, -0.25) is 4.79 Å². The van der Waals surface area contributed by atoms with Crippen molar-refractivity contribution in [2.75, 3.05) is 25.0 Å². The highest BCUT2D eigenvalue weighted by Gasteiger charge is 2.45. The van der Waals surface area contributed by atoms with Crippen LogP contribution in [-0.2, 0) is 0 Å². The van der Waals surface area contributed by atoms with Gasteiger partial charge in [-0.15, -0.1) is 0 Å². The van der Waals surface area contributed by atoms with Crippen molar-refractivity contribution in [2.24, 2.45) is 11.3 Å². The van der Waals surface area contributed by atoms with Crippen LogP contribution in [0.15, 0.2) is 18.2 Å². The van der Waals surface area contributed by atoms with E-state index in [2.05, 4.69) is 24.5 Å². The number of hydrogen-bond donors (Lipinski definition) is 2. The first-order chi connectivity index (χ1) is 9.62. The molecule has 0 saturated heterocycles. The van der Waals surface area contributed by atoms with Crippen LogP contribution in [0.4, 0.5) is 5.69 Å². The average molecular weight is 274 g/mol. The van der Waals surface area contributed by atoms with Gasteiger partial charge in [0.25, 0.3) is 5.91 Å². The molecular weight excluding hydrogens is 252 g/mol. The number of hydrogen-bond acceptors (Lipinski definition) is 3. The predicted molar refractivity (Wildman–Crippen MR) is 79.3 cm³/mol. The first kappa shape index (κ1) is 13.3. The summed E-state index contributed by atoms with van der Waals surface area (Å²) in [5.74, 6) is 1.27. The second-order valence-corrected chi connectivity index (χ2v) is 6.16. The van der Waals surface area contributed by atoms with E-state index in [1.54, 1.807) is 0 Å². The van der Waals surface area contributed by atoms with Crippen molar-refractivity contribution < 1.29 is 9.53 Å². The van der Waals surface area contributed by atoms with Gasteiger partial charge in [-0.25, -0.2) is 0 Å². The van der Waals surface area contributed by atoms with Crippen molar-refractivity contribution in [3.8, 4) is 5.75 Å². The maximum atomic E-state index is 12.4. The first-order valence-corrected chi connectivity index (χ1v) is 7.40. The molecule has 2 N–H and O–H groups in total. The third kappa shape index (κ3) is 2.35. The summed E-state index contributed by atoms with van der Waals surface area (Å²) in [5, 5.41) is 6.34. The zero-order valence-electron chi connectivity index (χ0n) is 12.2. The molecule has 3 rings (SSSR count). The van der Waals surface area contributed by atoms with Crippen LogP contribution in [0.1, 0.15) is 37.0 Å². The second-order valence-electron chi connectivity index (χ2n) is 6.16. The molecule has 1 amide bonds. The molecule has 1 fully saturated rings. The summed E-state index contributed by atoms with van der Waals surface area (Å²) in [6.45, 7) is 6.62. The molecule has 0 radical (unpaired) electrons. The van der Waals surface area contributed by atoms with Gasteiger partial charge in [0.05, 0.1) is 11.3 Å². The van der Waals surface area contributed by atoms with Gasteiger partial charge in [0.1, 0.15) is 6.61 Å². The zero-order valence-corrected chi connectivity index (χ0v) is 12.2. The van der Waals surface area contributed by atoms with Gasteiger partial charge < -0.3 is 15.4 Å². The lowest BCUT2D eigenvalue weighted by molar-refractivity contribution is 0.0935. The fourth-order valence-corrected chi connectivity index (χ4v) is 2.82. The number of fused-ring (bicyclic) bond motifs is 1. The molecule has 1 aliphatic heterocycles. The van der Waals surface area contributed by atoms with E-state index >= 15 is 0 Å². The molecule has 1 heterocycles. The lowest BCUT2D eigenvalue weighted by atomic mass is 9.92. The van der Waals surface area contributed by atoms with E-state index < -0.39 is 0 Å². The largest absolute Gasteiger partial charge is 0.489 e. The molecule has 0 aromatic heterocycles. The molecule has 1 aromatic rings. The Kier molecular flexibility index (Phi) is 3.32. The van der Waals surface area contributed by atoms with Gasteiger partial charge in [0.15, 0.2) is 5.75 Å². The fraction of sp³-hybridized carbons (Fsp3) is 0.562. The standard InChI is InChI=1S/C16H22N2O2/c1-11(2)16(6-7-16)10-18-15(19)12-4-3-5-13-14(12)20-9-8-17-13/h3-5,11,17H,6-10H2,1-2H3,(H,18,19). The number of amides is 1. The van der Waals surface area contributed by atoms with Crippen molar-refractivity contribution in [1.29, 1.82) is 0 Å². The number of carbonyl (C=O) groups excluding carboxylic acids is 1. The smallest absolute Gasteiger partial charge is 0.255 e. The van der Waals surface area contributed by atoms with E-state index in [-0.39, 0.29) is 5.91 Å². The maximum absolute atomic E-state index is 12.4. The minimum Gasteiger partial charge on any atom is -0.489 e. The lowest BCUT2D eigenvalue weighted by Gasteiger charge is -2.23. The van der Waals surface area contributed by atoms with Gasteiger partial charge in [-0.1, -0.05) is 19.9 Å². The van der Waals surface area contributed by atoms with Gasteiger partial charge in [0.2, 0.25) is 0 Å². The van der Waals surface area contributed by atoms with Crippen LogP contribution in [0.3, 0.4) is 0 Å². The lowest BCUT2D eigenvalue weighted by Crippen LogP contribution is -2.33. The molecule has 0 unspecified atom stereocenters. The predicted octanol–water partition coefficient (Wildman–Crippen LogP) is 2.66. The van der Waals surface area contributed by atoms with E-state index in [1.165, 1.54) is 12.8 Å².